The maximum absolute atomic E-state index is 2.72. The van der Waals surface area contributed by atoms with Gasteiger partial charge in [0, 0.05) is 64.0 Å². The lowest BCUT2D eigenvalue weighted by Crippen LogP contribution is -2.55. The molecule has 2 aliphatic heterocycles. The van der Waals surface area contributed by atoms with E-state index in [4.69, 9.17) is 0 Å². The van der Waals surface area contributed by atoms with E-state index in [9.17, 15) is 0 Å². The smallest absolute Gasteiger partial charge is 0.333 e. The first-order chi connectivity index (χ1) is 27.8. The molecule has 14 rings (SSSR count). The number of fused-ring (bicyclic) bond motifs is 16. The second kappa shape index (κ2) is 10.5. The molecule has 12 aromatic rings. The van der Waals surface area contributed by atoms with E-state index in [1.165, 1.54) is 125 Å². The molecule has 3 aromatic heterocycles. The summed E-state index contributed by atoms with van der Waals surface area (Å²) >= 11 is 1.93. The largest absolute Gasteiger partial charge is 0.375 e. The van der Waals surface area contributed by atoms with Gasteiger partial charge in [0.25, 0.3) is 0 Å². The van der Waals surface area contributed by atoms with Crippen molar-refractivity contribution >= 4 is 104 Å². The SMILES string of the molecule is c1ccc(-c2ccc3c(c2)c2cc(-c4ccccc4)cc4c2n3-c2cc3sc5ccccc5c3c3c2B4n2c4ccc5ccccc5c4c4cccc-3c42)cc1. The minimum absolute atomic E-state index is 0.0318. The molecule has 0 saturated carbocycles. The van der Waals surface area contributed by atoms with Crippen LogP contribution in [-0.4, -0.2) is 15.9 Å². The quantitative estimate of drug-likeness (QED) is 0.157. The van der Waals surface area contributed by atoms with Crippen LogP contribution in [0.15, 0.2) is 176 Å². The van der Waals surface area contributed by atoms with E-state index >= 15 is 0 Å². The standard InChI is InChI=1S/C52H29BN2S/c1-3-12-30(13-4-1)33-23-24-42-39(26-33)40-27-34(31-14-5-2-6-15-31)28-41-52(40)54(42)44-29-46-48(36-18-9-10-21-45(36)56-46)49-38-20-11-19-37-47-35-17-8-7-16-32(35)22-25-43(47)55(51(37)38)53(41)50(44)49/h1-29H. The van der Waals surface area contributed by atoms with Crippen molar-refractivity contribution in [3.63, 3.8) is 0 Å². The summed E-state index contributed by atoms with van der Waals surface area (Å²) in [6.45, 7) is -0.0318. The molecule has 0 aliphatic carbocycles. The van der Waals surface area contributed by atoms with Crippen molar-refractivity contribution < 1.29 is 0 Å². The fraction of sp³-hybridized carbons (Fsp3) is 0. The molecule has 0 N–H and O–H groups in total. The van der Waals surface area contributed by atoms with Gasteiger partial charge in [-0.05, 0) is 85.9 Å². The summed E-state index contributed by atoms with van der Waals surface area (Å²) in [5.74, 6) is 0. The van der Waals surface area contributed by atoms with E-state index < -0.39 is 0 Å². The molecule has 0 radical (unpaired) electrons. The number of nitrogens with zero attached hydrogens (tertiary/aromatic N) is 2. The van der Waals surface area contributed by atoms with Crippen molar-refractivity contribution in [2.75, 3.05) is 0 Å². The van der Waals surface area contributed by atoms with Crippen LogP contribution in [0.4, 0.5) is 0 Å². The first-order valence-corrected chi connectivity index (χ1v) is 20.3. The number of thiophene rings is 1. The summed E-state index contributed by atoms with van der Waals surface area (Å²) in [7, 11) is 0. The first kappa shape index (κ1) is 29.5. The molecule has 0 saturated heterocycles. The van der Waals surface area contributed by atoms with Gasteiger partial charge in [-0.25, -0.2) is 0 Å². The van der Waals surface area contributed by atoms with Crippen molar-refractivity contribution in [3.05, 3.63) is 176 Å². The molecule has 2 nitrogen and oxygen atoms in total. The Balaban J connectivity index is 1.24. The molecule has 0 bridgehead atoms. The van der Waals surface area contributed by atoms with Crippen molar-refractivity contribution in [1.29, 1.82) is 0 Å². The Morgan fingerprint density at radius 2 is 1.14 bits per heavy atom. The number of para-hydroxylation sites is 1. The lowest BCUT2D eigenvalue weighted by Gasteiger charge is -2.34. The first-order valence-electron chi connectivity index (χ1n) is 19.5. The number of hydrogen-bond acceptors (Lipinski definition) is 1. The van der Waals surface area contributed by atoms with E-state index in [0.717, 1.165) is 0 Å². The second-order valence-corrected chi connectivity index (χ2v) is 16.7. The number of rotatable bonds is 2. The summed E-state index contributed by atoms with van der Waals surface area (Å²) in [6.07, 6.45) is 0. The molecule has 56 heavy (non-hydrogen) atoms. The Morgan fingerprint density at radius 1 is 0.429 bits per heavy atom. The maximum Gasteiger partial charge on any atom is 0.333 e. The molecular weight excluding hydrogens is 695 g/mol. The molecule has 0 fully saturated rings. The highest BCUT2D eigenvalue weighted by atomic mass is 32.1. The van der Waals surface area contributed by atoms with Gasteiger partial charge in [0.15, 0.2) is 0 Å². The molecule has 4 heteroatoms. The minimum Gasteiger partial charge on any atom is -0.375 e. The van der Waals surface area contributed by atoms with Crippen LogP contribution in [-0.2, 0) is 0 Å². The monoisotopic (exact) mass is 724 g/mol. The van der Waals surface area contributed by atoms with Crippen LogP contribution in [0, 0.1) is 0 Å². The van der Waals surface area contributed by atoms with Crippen LogP contribution in [0.1, 0.15) is 0 Å². The second-order valence-electron chi connectivity index (χ2n) is 15.6. The summed E-state index contributed by atoms with van der Waals surface area (Å²) in [5, 5.41) is 10.6. The maximum atomic E-state index is 2.72. The summed E-state index contributed by atoms with van der Waals surface area (Å²) < 4.78 is 8.01. The Kier molecular flexibility index (Phi) is 5.50. The third-order valence-corrected chi connectivity index (χ3v) is 14.0. The zero-order valence-corrected chi connectivity index (χ0v) is 30.9. The molecule has 2 aliphatic rings. The molecule has 0 amide bonds. The molecule has 256 valence electrons. The van der Waals surface area contributed by atoms with E-state index in [1.54, 1.807) is 0 Å². The Morgan fingerprint density at radius 3 is 2.00 bits per heavy atom. The van der Waals surface area contributed by atoms with Gasteiger partial charge in [-0.3, -0.25) is 0 Å². The van der Waals surface area contributed by atoms with Crippen LogP contribution in [0.2, 0.25) is 0 Å². The highest BCUT2D eigenvalue weighted by Crippen LogP contribution is 2.50. The lowest BCUT2D eigenvalue weighted by molar-refractivity contribution is 1.18. The van der Waals surface area contributed by atoms with Gasteiger partial charge in [-0.1, -0.05) is 140 Å². The summed E-state index contributed by atoms with van der Waals surface area (Å²) in [4.78, 5) is 0. The van der Waals surface area contributed by atoms with Crippen molar-refractivity contribution in [3.8, 4) is 39.1 Å². The van der Waals surface area contributed by atoms with Crippen molar-refractivity contribution in [2.45, 2.75) is 0 Å². The molecule has 9 aromatic carbocycles. The predicted octanol–water partition coefficient (Wildman–Crippen LogP) is 12.7. The lowest BCUT2D eigenvalue weighted by atomic mass is 9.45. The minimum atomic E-state index is -0.0318. The normalized spacial score (nSPS) is 13.0. The number of aromatic nitrogens is 2. The average molecular weight is 725 g/mol. The van der Waals surface area contributed by atoms with Crippen molar-refractivity contribution in [2.24, 2.45) is 0 Å². The topological polar surface area (TPSA) is 9.86 Å². The van der Waals surface area contributed by atoms with Crippen LogP contribution in [0.25, 0.3) is 114 Å². The summed E-state index contributed by atoms with van der Waals surface area (Å²) in [6, 6.07) is 66.1. The molecule has 0 spiro atoms. The fourth-order valence-corrected chi connectivity index (χ4v) is 11.8. The molecule has 0 unspecified atom stereocenters. The van der Waals surface area contributed by atoms with E-state index in [1.807, 2.05) is 11.3 Å². The summed E-state index contributed by atoms with van der Waals surface area (Å²) in [5.41, 5.74) is 16.9. The number of benzene rings is 9. The van der Waals surface area contributed by atoms with E-state index in [0.29, 0.717) is 0 Å². The molecule has 5 heterocycles. The van der Waals surface area contributed by atoms with Gasteiger partial charge in [-0.15, -0.1) is 11.3 Å². The van der Waals surface area contributed by atoms with E-state index in [-0.39, 0.29) is 6.85 Å². The van der Waals surface area contributed by atoms with Gasteiger partial charge in [0.05, 0.1) is 11.0 Å². The van der Waals surface area contributed by atoms with Crippen LogP contribution in [0.5, 0.6) is 0 Å². The predicted molar refractivity (Wildman–Crippen MR) is 241 cm³/mol. The highest BCUT2D eigenvalue weighted by molar-refractivity contribution is 7.26. The van der Waals surface area contributed by atoms with E-state index in [2.05, 4.69) is 185 Å². The van der Waals surface area contributed by atoms with Crippen LogP contribution < -0.4 is 10.9 Å². The number of hydrogen-bond donors (Lipinski definition) is 0. The van der Waals surface area contributed by atoms with Gasteiger partial charge >= 0.3 is 6.85 Å². The van der Waals surface area contributed by atoms with Crippen LogP contribution in [0.3, 0.4) is 0 Å². The Labute approximate surface area is 326 Å². The third-order valence-electron chi connectivity index (χ3n) is 12.8. The van der Waals surface area contributed by atoms with Crippen molar-refractivity contribution in [1.82, 2.24) is 9.05 Å². The van der Waals surface area contributed by atoms with Crippen LogP contribution >= 0.6 is 11.3 Å². The van der Waals surface area contributed by atoms with Gasteiger partial charge < -0.3 is 9.05 Å². The zero-order chi connectivity index (χ0) is 36.2. The fourth-order valence-electron chi connectivity index (χ4n) is 10.6. The molecule has 0 atom stereocenters. The zero-order valence-electron chi connectivity index (χ0n) is 30.1. The molecular formula is C52H29BN2S. The third kappa shape index (κ3) is 3.59. The highest BCUT2D eigenvalue weighted by Gasteiger charge is 2.43. The van der Waals surface area contributed by atoms with Gasteiger partial charge in [0.2, 0.25) is 0 Å². The van der Waals surface area contributed by atoms with Gasteiger partial charge in [0.1, 0.15) is 0 Å². The average Bonchev–Trinajstić information content (AvgIpc) is 3.92. The Bertz CT molecular complexity index is 3700. The van der Waals surface area contributed by atoms with Gasteiger partial charge in [-0.2, -0.15) is 0 Å². The Hall–Kier alpha value is -6.88.